The van der Waals surface area contributed by atoms with Gasteiger partial charge in [-0.05, 0) is 31.7 Å². The molecule has 0 aromatic rings. The number of hydrogen-bond acceptors (Lipinski definition) is 3. The standard InChI is InChI=1S/C10H19NO2S/c1-3-11(4-2)10(9(12)13)6-5-7-14-8-10/h3-8H2,1-2H3,(H,12,13). The second-order valence-electron chi connectivity index (χ2n) is 3.67. The summed E-state index contributed by atoms with van der Waals surface area (Å²) in [5.74, 6) is 1.20. The summed E-state index contributed by atoms with van der Waals surface area (Å²) in [6.45, 7) is 5.72. The molecule has 1 fully saturated rings. The number of carboxylic acid groups (broad SMARTS) is 1. The second-order valence-corrected chi connectivity index (χ2v) is 4.77. The van der Waals surface area contributed by atoms with Crippen LogP contribution in [-0.2, 0) is 4.79 Å². The Kier molecular flexibility index (Phi) is 4.26. The number of hydrogen-bond donors (Lipinski definition) is 1. The van der Waals surface area contributed by atoms with E-state index in [-0.39, 0.29) is 0 Å². The zero-order chi connectivity index (χ0) is 10.6. The number of nitrogens with zero attached hydrogens (tertiary/aromatic N) is 1. The largest absolute Gasteiger partial charge is 0.480 e. The van der Waals surface area contributed by atoms with Gasteiger partial charge in [0.25, 0.3) is 0 Å². The molecule has 0 aromatic carbocycles. The van der Waals surface area contributed by atoms with E-state index in [1.807, 2.05) is 13.8 Å². The molecular weight excluding hydrogens is 198 g/mol. The monoisotopic (exact) mass is 217 g/mol. The van der Waals surface area contributed by atoms with E-state index in [9.17, 15) is 9.90 Å². The van der Waals surface area contributed by atoms with Gasteiger partial charge in [-0.25, -0.2) is 0 Å². The summed E-state index contributed by atoms with van der Waals surface area (Å²) in [5, 5.41) is 9.37. The number of thioether (sulfide) groups is 1. The summed E-state index contributed by atoms with van der Waals surface area (Å²) in [6, 6.07) is 0. The lowest BCUT2D eigenvalue weighted by Gasteiger charge is -2.41. The Balaban J connectivity index is 2.83. The van der Waals surface area contributed by atoms with Crippen molar-refractivity contribution in [1.29, 1.82) is 0 Å². The Morgan fingerprint density at radius 1 is 1.50 bits per heavy atom. The summed E-state index contributed by atoms with van der Waals surface area (Å²) >= 11 is 1.77. The van der Waals surface area contributed by atoms with Crippen LogP contribution in [0.1, 0.15) is 26.7 Å². The van der Waals surface area contributed by atoms with Gasteiger partial charge >= 0.3 is 5.97 Å². The summed E-state index contributed by atoms with van der Waals surface area (Å²) in [7, 11) is 0. The van der Waals surface area contributed by atoms with Gasteiger partial charge in [-0.2, -0.15) is 11.8 Å². The molecule has 0 aliphatic carbocycles. The minimum atomic E-state index is -0.645. The first-order valence-corrected chi connectivity index (χ1v) is 6.39. The predicted molar refractivity (Wildman–Crippen MR) is 59.8 cm³/mol. The number of aliphatic carboxylic acids is 1. The van der Waals surface area contributed by atoms with E-state index in [1.165, 1.54) is 0 Å². The molecular formula is C10H19NO2S. The highest BCUT2D eigenvalue weighted by Crippen LogP contribution is 2.32. The van der Waals surface area contributed by atoms with Gasteiger partial charge in [-0.15, -0.1) is 0 Å². The molecule has 0 spiro atoms. The van der Waals surface area contributed by atoms with Gasteiger partial charge < -0.3 is 5.11 Å². The molecule has 1 aliphatic heterocycles. The molecule has 0 bridgehead atoms. The molecule has 1 rings (SSSR count). The minimum Gasteiger partial charge on any atom is -0.480 e. The van der Waals surface area contributed by atoms with Crippen molar-refractivity contribution in [3.05, 3.63) is 0 Å². The van der Waals surface area contributed by atoms with Crippen molar-refractivity contribution in [3.8, 4) is 0 Å². The van der Waals surface area contributed by atoms with Crippen LogP contribution in [0.3, 0.4) is 0 Å². The molecule has 0 aromatic heterocycles. The van der Waals surface area contributed by atoms with Crippen LogP contribution in [0.5, 0.6) is 0 Å². The third-order valence-electron chi connectivity index (χ3n) is 2.99. The third-order valence-corrected chi connectivity index (χ3v) is 4.25. The minimum absolute atomic E-state index is 0.591. The lowest BCUT2D eigenvalue weighted by atomic mass is 9.93. The molecule has 1 saturated heterocycles. The Morgan fingerprint density at radius 2 is 2.14 bits per heavy atom. The average Bonchev–Trinajstić information content (AvgIpc) is 2.21. The van der Waals surface area contributed by atoms with Crippen molar-refractivity contribution in [2.24, 2.45) is 0 Å². The van der Waals surface area contributed by atoms with Crippen molar-refractivity contribution < 1.29 is 9.90 Å². The van der Waals surface area contributed by atoms with E-state index < -0.39 is 11.5 Å². The van der Waals surface area contributed by atoms with Crippen LogP contribution in [0.4, 0.5) is 0 Å². The molecule has 0 radical (unpaired) electrons. The number of carbonyl (C=O) groups is 1. The summed E-state index contributed by atoms with van der Waals surface area (Å²) in [6.07, 6.45) is 1.82. The van der Waals surface area contributed by atoms with Crippen molar-refractivity contribution in [2.75, 3.05) is 24.6 Å². The van der Waals surface area contributed by atoms with Crippen molar-refractivity contribution in [1.82, 2.24) is 4.90 Å². The first-order chi connectivity index (χ1) is 6.67. The van der Waals surface area contributed by atoms with Gasteiger partial charge in [0.15, 0.2) is 0 Å². The lowest BCUT2D eigenvalue weighted by Crippen LogP contribution is -2.57. The van der Waals surface area contributed by atoms with Crippen LogP contribution < -0.4 is 0 Å². The van der Waals surface area contributed by atoms with Crippen molar-refractivity contribution in [3.63, 3.8) is 0 Å². The molecule has 1 unspecified atom stereocenters. The molecule has 1 heterocycles. The van der Waals surface area contributed by atoms with Crippen molar-refractivity contribution in [2.45, 2.75) is 32.2 Å². The average molecular weight is 217 g/mol. The molecule has 14 heavy (non-hydrogen) atoms. The van der Waals surface area contributed by atoms with Crippen molar-refractivity contribution >= 4 is 17.7 Å². The fourth-order valence-corrected chi connectivity index (χ4v) is 3.44. The third kappa shape index (κ3) is 2.06. The predicted octanol–water partition coefficient (Wildman–Crippen LogP) is 1.68. The zero-order valence-electron chi connectivity index (χ0n) is 8.95. The van der Waals surface area contributed by atoms with Crippen LogP contribution in [0.2, 0.25) is 0 Å². The zero-order valence-corrected chi connectivity index (χ0v) is 9.77. The molecule has 0 amide bonds. The van der Waals surface area contributed by atoms with Crippen LogP contribution >= 0.6 is 11.8 Å². The normalized spacial score (nSPS) is 27.9. The van der Waals surface area contributed by atoms with Crippen LogP contribution in [0.25, 0.3) is 0 Å². The summed E-state index contributed by atoms with van der Waals surface area (Å²) in [5.41, 5.74) is -0.591. The molecule has 0 saturated carbocycles. The van der Waals surface area contributed by atoms with E-state index in [1.54, 1.807) is 11.8 Å². The molecule has 1 aliphatic rings. The van der Waals surface area contributed by atoms with E-state index in [2.05, 4.69) is 4.90 Å². The molecule has 3 nitrogen and oxygen atoms in total. The van der Waals surface area contributed by atoms with Crippen LogP contribution in [0.15, 0.2) is 0 Å². The topological polar surface area (TPSA) is 40.5 Å². The Morgan fingerprint density at radius 3 is 2.50 bits per heavy atom. The smallest absolute Gasteiger partial charge is 0.324 e. The van der Waals surface area contributed by atoms with E-state index in [0.717, 1.165) is 37.4 Å². The highest BCUT2D eigenvalue weighted by molar-refractivity contribution is 7.99. The maximum absolute atomic E-state index is 11.4. The summed E-state index contributed by atoms with van der Waals surface area (Å²) in [4.78, 5) is 13.5. The SMILES string of the molecule is CCN(CC)C1(C(=O)O)CCCSC1. The number of carboxylic acids is 1. The first kappa shape index (κ1) is 11.9. The van der Waals surface area contributed by atoms with Gasteiger partial charge in [0.05, 0.1) is 0 Å². The Bertz CT molecular complexity index is 198. The maximum Gasteiger partial charge on any atom is 0.324 e. The van der Waals surface area contributed by atoms with Crippen LogP contribution in [-0.4, -0.2) is 46.1 Å². The van der Waals surface area contributed by atoms with Gasteiger partial charge in [-0.1, -0.05) is 13.8 Å². The van der Waals surface area contributed by atoms with E-state index in [0.29, 0.717) is 0 Å². The number of rotatable bonds is 4. The van der Waals surface area contributed by atoms with Gasteiger partial charge in [0, 0.05) is 5.75 Å². The maximum atomic E-state index is 11.4. The Labute approximate surface area is 89.9 Å². The molecule has 82 valence electrons. The molecule has 4 heteroatoms. The van der Waals surface area contributed by atoms with Gasteiger partial charge in [0.2, 0.25) is 0 Å². The van der Waals surface area contributed by atoms with Gasteiger partial charge in [-0.3, -0.25) is 9.69 Å². The fourth-order valence-electron chi connectivity index (χ4n) is 2.16. The second kappa shape index (κ2) is 5.03. The van der Waals surface area contributed by atoms with E-state index >= 15 is 0 Å². The lowest BCUT2D eigenvalue weighted by molar-refractivity contribution is -0.150. The van der Waals surface area contributed by atoms with Gasteiger partial charge in [0.1, 0.15) is 5.54 Å². The summed E-state index contributed by atoms with van der Waals surface area (Å²) < 4.78 is 0. The fraction of sp³-hybridized carbons (Fsp3) is 0.900. The molecule has 1 N–H and O–H groups in total. The number of likely N-dealkylation sites (N-methyl/N-ethyl adjacent to an activating group) is 1. The first-order valence-electron chi connectivity index (χ1n) is 5.23. The Hall–Kier alpha value is -0.220. The quantitative estimate of drug-likeness (QED) is 0.778. The highest BCUT2D eigenvalue weighted by atomic mass is 32.2. The molecule has 1 atom stereocenters. The van der Waals surface area contributed by atoms with E-state index in [4.69, 9.17) is 0 Å². The van der Waals surface area contributed by atoms with Crippen LogP contribution in [0, 0.1) is 0 Å². The highest BCUT2D eigenvalue weighted by Gasteiger charge is 2.43.